The van der Waals surface area contributed by atoms with Gasteiger partial charge in [0.05, 0.1) is 4.80 Å². The summed E-state index contributed by atoms with van der Waals surface area (Å²) >= 11 is 0. The van der Waals surface area contributed by atoms with Gasteiger partial charge in [-0.1, -0.05) is 48.5 Å². The molecule has 10 heteroatoms. The van der Waals surface area contributed by atoms with E-state index in [1.807, 2.05) is 73.1 Å². The number of benzene rings is 2. The van der Waals surface area contributed by atoms with Crippen molar-refractivity contribution in [2.45, 2.75) is 0 Å². The van der Waals surface area contributed by atoms with E-state index in [9.17, 15) is 25.2 Å². The van der Waals surface area contributed by atoms with E-state index in [0.29, 0.717) is 0 Å². The van der Waals surface area contributed by atoms with Crippen molar-refractivity contribution in [2.75, 3.05) is 0 Å². The number of nitrogens with zero attached hydrogens (tertiary/aromatic N) is 3. The number of para-hydroxylation sites is 1. The summed E-state index contributed by atoms with van der Waals surface area (Å²) in [5.41, 5.74) is 3.10. The maximum atomic E-state index is 9.87. The van der Waals surface area contributed by atoms with Crippen LogP contribution in [0.3, 0.4) is 0 Å². The summed E-state index contributed by atoms with van der Waals surface area (Å²) in [6.07, 6.45) is 3.66. The summed E-state index contributed by atoms with van der Waals surface area (Å²) in [5, 5.41) is 8.66. The first kappa shape index (κ1) is 18.8. The number of hydrogen-bond donors (Lipinski definition) is 0. The fourth-order valence-corrected chi connectivity index (χ4v) is 1.77. The number of halogens is 6. The molecule has 0 atom stereocenters. The van der Waals surface area contributed by atoms with Gasteiger partial charge in [0.25, 0.3) is 5.69 Å². The maximum Gasteiger partial charge on any atom is 0.268 e. The summed E-state index contributed by atoms with van der Waals surface area (Å²) < 4.78 is 59.2. The van der Waals surface area contributed by atoms with Crippen LogP contribution in [-0.2, 0) is 0 Å². The minimum atomic E-state index is -10.7. The van der Waals surface area contributed by atoms with E-state index >= 15 is 0 Å². The molecule has 0 amide bonds. The molecule has 0 fully saturated rings. The second kappa shape index (κ2) is 6.07. The molecule has 0 radical (unpaired) electrons. The SMILES string of the molecule is F[P-](F)(F)(F)(F)F.c1ccc(-c2cn[n+](-c3ccccc3)nc2)cc1. The molecule has 25 heavy (non-hydrogen) atoms. The van der Waals surface area contributed by atoms with Crippen LogP contribution in [-0.4, -0.2) is 10.2 Å². The minimum absolute atomic E-state index is 0.956. The Balaban J connectivity index is 0.000000277. The molecule has 1 aromatic heterocycles. The first-order valence-electron chi connectivity index (χ1n) is 6.80. The van der Waals surface area contributed by atoms with Crippen LogP contribution in [0.15, 0.2) is 73.1 Å². The molecular weight excluding hydrogens is 367 g/mol. The van der Waals surface area contributed by atoms with Gasteiger partial charge >= 0.3 is 33.0 Å². The zero-order valence-corrected chi connectivity index (χ0v) is 13.4. The van der Waals surface area contributed by atoms with E-state index in [1.54, 1.807) is 4.80 Å². The number of hydrogen-bond acceptors (Lipinski definition) is 2. The third kappa shape index (κ3) is 8.21. The zero-order chi connectivity index (χ0) is 18.6. The Labute approximate surface area is 138 Å². The van der Waals surface area contributed by atoms with Gasteiger partial charge in [-0.25, -0.2) is 0 Å². The third-order valence-electron chi connectivity index (χ3n) is 2.71. The largest absolute Gasteiger partial charge is 0.268 e. The maximum absolute atomic E-state index is 10.7. The van der Waals surface area contributed by atoms with E-state index in [1.165, 1.54) is 0 Å². The van der Waals surface area contributed by atoms with Crippen LogP contribution in [0.5, 0.6) is 0 Å². The summed E-state index contributed by atoms with van der Waals surface area (Å²) in [5.74, 6) is 0. The molecule has 2 aromatic carbocycles. The van der Waals surface area contributed by atoms with Gasteiger partial charge in [0.1, 0.15) is 12.4 Å². The molecule has 0 saturated heterocycles. The molecule has 0 aliphatic heterocycles. The van der Waals surface area contributed by atoms with Crippen molar-refractivity contribution in [3.8, 4) is 16.8 Å². The Hall–Kier alpha value is -2.54. The molecule has 0 aliphatic rings. The fraction of sp³-hybridized carbons (Fsp3) is 0. The summed E-state index contributed by atoms with van der Waals surface area (Å²) in [6.45, 7) is 0. The van der Waals surface area contributed by atoms with Crippen molar-refractivity contribution >= 4 is 7.81 Å². The van der Waals surface area contributed by atoms with Crippen molar-refractivity contribution in [2.24, 2.45) is 0 Å². The van der Waals surface area contributed by atoms with Crippen molar-refractivity contribution in [1.82, 2.24) is 10.2 Å². The van der Waals surface area contributed by atoms with Crippen LogP contribution in [0, 0.1) is 0 Å². The topological polar surface area (TPSA) is 29.7 Å². The summed E-state index contributed by atoms with van der Waals surface area (Å²) in [6, 6.07) is 20.0. The fourth-order valence-electron chi connectivity index (χ4n) is 1.77. The van der Waals surface area contributed by atoms with Crippen molar-refractivity contribution in [3.05, 3.63) is 73.1 Å². The average molecular weight is 379 g/mol. The molecule has 3 nitrogen and oxygen atoms in total. The molecule has 0 aliphatic carbocycles. The smallest absolute Gasteiger partial charge is 0.0622 e. The van der Waals surface area contributed by atoms with Gasteiger partial charge in [-0.15, -0.1) is 0 Å². The summed E-state index contributed by atoms with van der Waals surface area (Å²) in [7, 11) is -10.7. The van der Waals surface area contributed by atoms with Gasteiger partial charge in [0, 0.05) is 27.9 Å². The molecule has 0 N–H and O–H groups in total. The predicted molar refractivity (Wildman–Crippen MR) is 82.6 cm³/mol. The number of rotatable bonds is 2. The van der Waals surface area contributed by atoms with Gasteiger partial charge < -0.3 is 0 Å². The normalized spacial score (nSPS) is 13.8. The van der Waals surface area contributed by atoms with Gasteiger partial charge in [-0.3, -0.25) is 0 Å². The Bertz CT molecular complexity index is 752. The summed E-state index contributed by atoms with van der Waals surface area (Å²) in [4.78, 5) is 1.62. The van der Waals surface area contributed by atoms with Crippen molar-refractivity contribution < 1.29 is 30.0 Å². The van der Waals surface area contributed by atoms with Crippen LogP contribution in [0.2, 0.25) is 0 Å². The Morgan fingerprint density at radius 2 is 1.00 bits per heavy atom. The Morgan fingerprint density at radius 1 is 0.600 bits per heavy atom. The van der Waals surface area contributed by atoms with E-state index in [4.69, 9.17) is 0 Å². The third-order valence-corrected chi connectivity index (χ3v) is 2.71. The van der Waals surface area contributed by atoms with Gasteiger partial charge in [-0.2, -0.15) is 0 Å². The molecule has 1 heterocycles. The standard InChI is InChI=1S/C15H12N3.F6P/c1-3-7-13(8-4-1)14-11-16-18(17-12-14)15-9-5-2-6-10-15;1-7(2,3,4,5)6/h1-12H;/q+1;-1. The second-order valence-electron chi connectivity index (χ2n) is 4.89. The van der Waals surface area contributed by atoms with Gasteiger partial charge in [-0.05, 0) is 5.56 Å². The van der Waals surface area contributed by atoms with E-state index < -0.39 is 7.81 Å². The van der Waals surface area contributed by atoms with Crippen LogP contribution in [0.1, 0.15) is 0 Å². The molecule has 3 aromatic rings. The van der Waals surface area contributed by atoms with Crippen LogP contribution >= 0.6 is 7.81 Å². The van der Waals surface area contributed by atoms with E-state index in [0.717, 1.165) is 16.8 Å². The molecule has 134 valence electrons. The molecule has 3 rings (SSSR count). The quantitative estimate of drug-likeness (QED) is 0.320. The average Bonchev–Trinajstić information content (AvgIpc) is 2.54. The molecule has 0 saturated carbocycles. The molecule has 0 unspecified atom stereocenters. The van der Waals surface area contributed by atoms with E-state index in [2.05, 4.69) is 10.2 Å². The van der Waals surface area contributed by atoms with Crippen LogP contribution < -0.4 is 4.80 Å². The first-order valence-corrected chi connectivity index (χ1v) is 8.83. The molecule has 0 spiro atoms. The monoisotopic (exact) mass is 379 g/mol. The Morgan fingerprint density at radius 3 is 1.44 bits per heavy atom. The zero-order valence-electron chi connectivity index (χ0n) is 12.5. The minimum Gasteiger partial charge on any atom is -0.0622 e. The molecule has 0 bridgehead atoms. The Kier molecular flexibility index (Phi) is 4.57. The van der Waals surface area contributed by atoms with Crippen molar-refractivity contribution in [3.63, 3.8) is 0 Å². The number of aromatic nitrogens is 3. The van der Waals surface area contributed by atoms with Crippen LogP contribution in [0.25, 0.3) is 16.8 Å². The van der Waals surface area contributed by atoms with Gasteiger partial charge in [0.15, 0.2) is 0 Å². The molecular formula is C15H12F6N3P. The van der Waals surface area contributed by atoms with E-state index in [-0.39, 0.29) is 0 Å². The van der Waals surface area contributed by atoms with Crippen molar-refractivity contribution in [1.29, 1.82) is 0 Å². The predicted octanol–water partition coefficient (Wildman–Crippen LogP) is 5.80. The first-order chi connectivity index (χ1) is 11.4. The van der Waals surface area contributed by atoms with Crippen LogP contribution in [0.4, 0.5) is 25.2 Å². The van der Waals surface area contributed by atoms with Gasteiger partial charge in [0.2, 0.25) is 0 Å². The second-order valence-corrected chi connectivity index (χ2v) is 6.81.